The minimum Gasteiger partial charge on any atom is -0.548 e. The summed E-state index contributed by atoms with van der Waals surface area (Å²) in [5.41, 5.74) is 3.30. The van der Waals surface area contributed by atoms with E-state index in [1.54, 1.807) is 21.3 Å². The van der Waals surface area contributed by atoms with Crippen molar-refractivity contribution in [3.05, 3.63) is 17.3 Å². The van der Waals surface area contributed by atoms with E-state index in [0.717, 1.165) is 17.5 Å². The third-order valence-corrected chi connectivity index (χ3v) is 4.20. The summed E-state index contributed by atoms with van der Waals surface area (Å²) in [6.07, 6.45) is 0.991. The minimum atomic E-state index is -1.17. The van der Waals surface area contributed by atoms with Gasteiger partial charge in [-0.25, -0.2) is 0 Å². The Bertz CT molecular complexity index is 350. The summed E-state index contributed by atoms with van der Waals surface area (Å²) >= 11 is 0. The van der Waals surface area contributed by atoms with E-state index < -0.39 is 8.64 Å². The molecule has 0 aromatic carbocycles. The molecule has 0 aliphatic rings. The van der Waals surface area contributed by atoms with Gasteiger partial charge in [0.05, 0.1) is 21.3 Å². The normalized spacial score (nSPS) is 10.4. The maximum Gasteiger partial charge on any atom is 0.312 e. The highest BCUT2D eigenvalue weighted by Gasteiger charge is 2.17. The van der Waals surface area contributed by atoms with Gasteiger partial charge < -0.3 is 13.9 Å². The number of methoxy groups -OCH3 is 2. The van der Waals surface area contributed by atoms with Gasteiger partial charge in [-0.1, -0.05) is 19.9 Å². The molecule has 0 spiro atoms. The molecule has 0 aliphatic carbocycles. The molecule has 0 N–H and O–H groups in total. The Morgan fingerprint density at radius 2 is 1.88 bits per heavy atom. The summed E-state index contributed by atoms with van der Waals surface area (Å²) in [5.74, 6) is 1.45. The van der Waals surface area contributed by atoms with Crippen LogP contribution in [0.1, 0.15) is 19.4 Å². The van der Waals surface area contributed by atoms with Crippen molar-refractivity contribution in [1.29, 1.82) is 0 Å². The molecule has 3 nitrogen and oxygen atoms in total. The molecule has 0 fully saturated rings. The average molecular weight is 240 g/mol. The topological polar surface area (TPSA) is 27.7 Å². The molecule has 1 rings (SSSR count). The van der Waals surface area contributed by atoms with Gasteiger partial charge in [-0.3, -0.25) is 0 Å². The summed E-state index contributed by atoms with van der Waals surface area (Å²) in [7, 11) is 3.89. The Balaban J connectivity index is 3.20. The molecule has 90 valence electrons. The van der Waals surface area contributed by atoms with Crippen LogP contribution in [0, 0.1) is 5.92 Å². The van der Waals surface area contributed by atoms with Crippen LogP contribution in [-0.4, -0.2) is 30.0 Å². The third kappa shape index (κ3) is 2.75. The van der Waals surface area contributed by atoms with Crippen molar-refractivity contribution in [2.75, 3.05) is 21.3 Å². The summed E-state index contributed by atoms with van der Waals surface area (Å²) < 4.78 is 16.3. The molecule has 0 unspecified atom stereocenters. The van der Waals surface area contributed by atoms with Crippen LogP contribution < -0.4 is 13.9 Å². The van der Waals surface area contributed by atoms with E-state index in [1.807, 2.05) is 0 Å². The standard InChI is InChI=1S/C12H20O3Si/c1-9(2)8-10-6-7-16(15-5)12(14-4)11(10)13-3/h6-7,9H,8H2,1-5H3. The lowest BCUT2D eigenvalue weighted by molar-refractivity contribution is 0.350. The second kappa shape index (κ2) is 5.89. The van der Waals surface area contributed by atoms with Crippen molar-refractivity contribution < 1.29 is 13.9 Å². The van der Waals surface area contributed by atoms with Crippen LogP contribution in [0.25, 0.3) is 0 Å². The monoisotopic (exact) mass is 240 g/mol. The van der Waals surface area contributed by atoms with Crippen molar-refractivity contribution in [1.82, 2.24) is 0 Å². The zero-order valence-corrected chi connectivity index (χ0v) is 11.7. The van der Waals surface area contributed by atoms with E-state index in [1.165, 1.54) is 5.56 Å². The molecule has 1 aromatic rings. The highest BCUT2D eigenvalue weighted by molar-refractivity contribution is 6.50. The summed E-state index contributed by atoms with van der Waals surface area (Å²) in [6, 6.07) is 2.11. The molecule has 0 radical (unpaired) electrons. The molecular weight excluding hydrogens is 220 g/mol. The zero-order chi connectivity index (χ0) is 12.1. The predicted molar refractivity (Wildman–Crippen MR) is 66.5 cm³/mol. The van der Waals surface area contributed by atoms with Gasteiger partial charge in [0, 0.05) is 0 Å². The molecule has 16 heavy (non-hydrogen) atoms. The van der Waals surface area contributed by atoms with Crippen LogP contribution >= 0.6 is 0 Å². The van der Waals surface area contributed by atoms with E-state index in [4.69, 9.17) is 13.9 Å². The van der Waals surface area contributed by atoms with Crippen molar-refractivity contribution in [2.45, 2.75) is 20.3 Å². The first-order chi connectivity index (χ1) is 7.63. The maximum absolute atomic E-state index is 5.45. The molecule has 0 atom stereocenters. The molecule has 4 heteroatoms. The van der Waals surface area contributed by atoms with E-state index >= 15 is 0 Å². The van der Waals surface area contributed by atoms with Gasteiger partial charge >= 0.3 is 8.64 Å². The first-order valence-electron chi connectivity index (χ1n) is 5.41. The number of hydrogen-bond acceptors (Lipinski definition) is 3. The zero-order valence-electron chi connectivity index (χ0n) is 10.7. The average Bonchev–Trinajstić information content (AvgIpc) is 2.27. The van der Waals surface area contributed by atoms with Gasteiger partial charge in [-0.2, -0.15) is 0 Å². The Kier molecular flexibility index (Phi) is 4.80. The fourth-order valence-corrected chi connectivity index (χ4v) is 3.28. The molecule has 1 heterocycles. The van der Waals surface area contributed by atoms with Crippen LogP contribution in [0.4, 0.5) is 0 Å². The van der Waals surface area contributed by atoms with Crippen molar-refractivity contribution >= 4 is 8.64 Å². The number of hydrogen-bond donors (Lipinski definition) is 0. The quantitative estimate of drug-likeness (QED) is 0.737. The number of rotatable bonds is 5. The molecule has 0 saturated heterocycles. The molecule has 0 bridgehead atoms. The van der Waals surface area contributed by atoms with E-state index in [2.05, 4.69) is 25.6 Å². The highest BCUT2D eigenvalue weighted by Crippen LogP contribution is 2.31. The van der Waals surface area contributed by atoms with Crippen LogP contribution in [0.2, 0.25) is 0 Å². The van der Waals surface area contributed by atoms with Gasteiger partial charge in [-0.15, -0.1) is 0 Å². The second-order valence-corrected chi connectivity index (χ2v) is 6.02. The molecular formula is C12H20O3Si. The Morgan fingerprint density at radius 1 is 1.19 bits per heavy atom. The third-order valence-electron chi connectivity index (χ3n) is 2.41. The van der Waals surface area contributed by atoms with Gasteiger partial charge in [0.15, 0.2) is 11.1 Å². The molecule has 0 aliphatic heterocycles. The van der Waals surface area contributed by atoms with Crippen LogP contribution in [0.15, 0.2) is 11.7 Å². The van der Waals surface area contributed by atoms with Gasteiger partial charge in [0.1, 0.15) is 0 Å². The summed E-state index contributed by atoms with van der Waals surface area (Å²) in [4.78, 5) is 0. The maximum atomic E-state index is 5.45. The Morgan fingerprint density at radius 3 is 2.31 bits per heavy atom. The number of ether oxygens (including phenoxy) is 2. The molecule has 0 saturated carbocycles. The fourth-order valence-electron chi connectivity index (χ4n) is 1.76. The van der Waals surface area contributed by atoms with Gasteiger partial charge in [0.2, 0.25) is 0 Å². The van der Waals surface area contributed by atoms with E-state index in [0.29, 0.717) is 5.92 Å². The lowest BCUT2D eigenvalue weighted by atomic mass is 10.0. The predicted octanol–water partition coefficient (Wildman–Crippen LogP) is 1.99. The van der Waals surface area contributed by atoms with Crippen molar-refractivity contribution in [2.24, 2.45) is 5.92 Å². The molecule has 0 amide bonds. The van der Waals surface area contributed by atoms with Crippen molar-refractivity contribution in [3.63, 3.8) is 0 Å². The smallest absolute Gasteiger partial charge is 0.312 e. The fraction of sp³-hybridized carbons (Fsp3) is 0.583. The van der Waals surface area contributed by atoms with Crippen molar-refractivity contribution in [3.8, 4) is 11.1 Å². The SMILES string of the molecule is COc1c(CC(C)C)cc[si](OC)c1OC. The lowest BCUT2D eigenvalue weighted by Crippen LogP contribution is -2.14. The minimum absolute atomic E-state index is 0.597. The van der Waals surface area contributed by atoms with Crippen LogP contribution in [-0.2, 0) is 6.42 Å². The highest BCUT2D eigenvalue weighted by atomic mass is 28.3. The largest absolute Gasteiger partial charge is 0.548 e. The first kappa shape index (κ1) is 13.0. The molecule has 1 aromatic heterocycles. The Hall–Kier alpha value is -1.03. The summed E-state index contributed by atoms with van der Waals surface area (Å²) in [5, 5.41) is 0.855. The Labute approximate surface area is 99.0 Å². The van der Waals surface area contributed by atoms with E-state index in [9.17, 15) is 0 Å². The summed E-state index contributed by atoms with van der Waals surface area (Å²) in [6.45, 7) is 4.38. The second-order valence-electron chi connectivity index (χ2n) is 4.09. The van der Waals surface area contributed by atoms with E-state index in [-0.39, 0.29) is 0 Å². The van der Waals surface area contributed by atoms with Gasteiger partial charge in [-0.05, 0) is 23.6 Å². The first-order valence-corrected chi connectivity index (χ1v) is 6.90. The lowest BCUT2D eigenvalue weighted by Gasteiger charge is -2.16. The van der Waals surface area contributed by atoms with Gasteiger partial charge in [0.25, 0.3) is 0 Å². The van der Waals surface area contributed by atoms with Crippen LogP contribution in [0.3, 0.4) is 0 Å². The van der Waals surface area contributed by atoms with Crippen LogP contribution in [0.5, 0.6) is 11.1 Å².